The molecule has 0 saturated heterocycles. The van der Waals surface area contributed by atoms with Crippen LogP contribution in [0, 0.1) is 41.5 Å². The highest BCUT2D eigenvalue weighted by Crippen LogP contribution is 2.36. The fourth-order valence-electron chi connectivity index (χ4n) is 11.5. The summed E-state index contributed by atoms with van der Waals surface area (Å²) < 4.78 is 0. The van der Waals surface area contributed by atoms with Gasteiger partial charge in [-0.25, -0.2) is 0 Å². The molecular formula is C90H76. The van der Waals surface area contributed by atoms with E-state index in [4.69, 9.17) is 0 Å². The van der Waals surface area contributed by atoms with E-state index >= 15 is 0 Å². The summed E-state index contributed by atoms with van der Waals surface area (Å²) in [4.78, 5) is 0. The molecule has 0 atom stereocenters. The molecule has 0 aliphatic carbocycles. The van der Waals surface area contributed by atoms with Crippen LogP contribution in [0.5, 0.6) is 0 Å². The fraction of sp³-hybridized carbons (Fsp3) is 0.0667. The van der Waals surface area contributed by atoms with E-state index in [2.05, 4.69) is 393 Å². The molecule has 436 valence electrons. The van der Waals surface area contributed by atoms with E-state index in [9.17, 15) is 0 Å². The quantitative estimate of drug-likeness (QED) is 0.128. The summed E-state index contributed by atoms with van der Waals surface area (Å²) in [6.07, 6.45) is 0. The van der Waals surface area contributed by atoms with Crippen molar-refractivity contribution in [2.24, 2.45) is 0 Å². The van der Waals surface area contributed by atoms with Crippen LogP contribution in [0.1, 0.15) is 33.4 Å². The molecule has 0 aliphatic heterocycles. The van der Waals surface area contributed by atoms with Crippen molar-refractivity contribution in [3.63, 3.8) is 0 Å². The largest absolute Gasteiger partial charge is 0.0622 e. The van der Waals surface area contributed by atoms with E-state index in [1.807, 2.05) is 0 Å². The summed E-state index contributed by atoms with van der Waals surface area (Å²) in [5, 5.41) is 0. The lowest BCUT2D eigenvalue weighted by molar-refractivity contribution is 1.37. The van der Waals surface area contributed by atoms with Crippen LogP contribution in [0.2, 0.25) is 0 Å². The van der Waals surface area contributed by atoms with Gasteiger partial charge in [-0.15, -0.1) is 0 Å². The smallest absolute Gasteiger partial charge is 0.0125 e. The van der Waals surface area contributed by atoms with Gasteiger partial charge in [0.25, 0.3) is 0 Å². The van der Waals surface area contributed by atoms with Crippen molar-refractivity contribution in [3.8, 4) is 111 Å². The van der Waals surface area contributed by atoms with E-state index in [1.54, 1.807) is 0 Å². The standard InChI is InChI=1S/3C25H20.C15H16/c1-19-9-8-14-22(15-19)25-17-23(20-10-4-2-5-11-20)16-24(18-25)21-12-6-3-7-13-21;1-19-12-14-22(15-13-19)25-17-23(20-8-4-2-5-9-20)16-24(18-25)21-10-6-3-7-11-21;1-19-13-15-21(16-14-19)23-10-6-12-25(18-23)24-11-5-9-22(17-24)20-7-3-2-4-8-20;1-11-7-9-14(10-8-11)15-12(2)5-4-6-13(15)3/h3*2-18H,1H3;4-10H,1-3H3. The Morgan fingerprint density at radius 2 is 0.322 bits per heavy atom. The molecule has 14 rings (SSSR count). The monoisotopic (exact) mass is 1160 g/mol. The number of aryl methyl sites for hydroxylation is 6. The second-order valence-electron chi connectivity index (χ2n) is 23.3. The molecule has 0 unspecified atom stereocenters. The summed E-state index contributed by atoms with van der Waals surface area (Å²) in [7, 11) is 0. The molecule has 0 heterocycles. The minimum Gasteiger partial charge on any atom is -0.0622 e. The maximum atomic E-state index is 2.29. The van der Waals surface area contributed by atoms with Crippen LogP contribution >= 0.6 is 0 Å². The predicted molar refractivity (Wildman–Crippen MR) is 389 cm³/mol. The first-order chi connectivity index (χ1) is 44.1. The molecule has 0 heteroatoms. The normalized spacial score (nSPS) is 10.6. The summed E-state index contributed by atoms with van der Waals surface area (Å²) in [5.74, 6) is 0. The van der Waals surface area contributed by atoms with Crippen molar-refractivity contribution in [2.45, 2.75) is 41.5 Å². The van der Waals surface area contributed by atoms with Gasteiger partial charge < -0.3 is 0 Å². The molecule has 0 N–H and O–H groups in total. The van der Waals surface area contributed by atoms with Crippen LogP contribution in [0.3, 0.4) is 0 Å². The zero-order valence-electron chi connectivity index (χ0n) is 52.5. The van der Waals surface area contributed by atoms with Crippen molar-refractivity contribution in [2.75, 3.05) is 0 Å². The lowest BCUT2D eigenvalue weighted by Gasteiger charge is -2.11. The van der Waals surface area contributed by atoms with Crippen LogP contribution in [-0.2, 0) is 0 Å². The van der Waals surface area contributed by atoms with Crippen molar-refractivity contribution < 1.29 is 0 Å². The lowest BCUT2D eigenvalue weighted by atomic mass is 9.93. The van der Waals surface area contributed by atoms with Crippen molar-refractivity contribution in [1.82, 2.24) is 0 Å². The van der Waals surface area contributed by atoms with Gasteiger partial charge in [0.2, 0.25) is 0 Å². The lowest BCUT2D eigenvalue weighted by Crippen LogP contribution is -1.87. The van der Waals surface area contributed by atoms with Gasteiger partial charge >= 0.3 is 0 Å². The molecule has 14 aromatic rings. The molecular weight excluding hydrogens is 1080 g/mol. The van der Waals surface area contributed by atoms with Gasteiger partial charge in [0.05, 0.1) is 0 Å². The minimum absolute atomic E-state index is 1.24. The molecule has 0 amide bonds. The van der Waals surface area contributed by atoms with Gasteiger partial charge in [0.1, 0.15) is 0 Å². The molecule has 0 aromatic heterocycles. The second-order valence-corrected chi connectivity index (χ2v) is 23.3. The summed E-state index contributed by atoms with van der Waals surface area (Å²) >= 11 is 0. The predicted octanol–water partition coefficient (Wildman–Crippen LogP) is 25.3. The van der Waals surface area contributed by atoms with E-state index < -0.39 is 0 Å². The Balaban J connectivity index is 0.000000125. The number of hydrogen-bond acceptors (Lipinski definition) is 0. The van der Waals surface area contributed by atoms with Gasteiger partial charge in [-0.2, -0.15) is 0 Å². The van der Waals surface area contributed by atoms with Gasteiger partial charge in [0, 0.05) is 0 Å². The Hall–Kier alpha value is -10.9. The molecule has 0 nitrogen and oxygen atoms in total. The number of benzene rings is 14. The maximum Gasteiger partial charge on any atom is -0.0125 e. The number of rotatable bonds is 10. The van der Waals surface area contributed by atoms with E-state index in [-0.39, 0.29) is 0 Å². The van der Waals surface area contributed by atoms with Gasteiger partial charge in [-0.05, 0) is 212 Å². The zero-order chi connectivity index (χ0) is 62.0. The molecule has 90 heavy (non-hydrogen) atoms. The SMILES string of the molecule is Cc1ccc(-c2c(C)cccc2C)cc1.Cc1ccc(-c2cc(-c3ccccc3)cc(-c3ccccc3)c2)cc1.Cc1ccc(-c2cccc(-c3cccc(-c4ccccc4)c3)c2)cc1.Cc1cccc(-c2cc(-c3ccccc3)cc(-c3ccccc3)c2)c1. The highest BCUT2D eigenvalue weighted by atomic mass is 14.2. The highest BCUT2D eigenvalue weighted by Gasteiger charge is 2.11. The molecule has 0 saturated carbocycles. The molecule has 0 radical (unpaired) electrons. The number of hydrogen-bond donors (Lipinski definition) is 0. The molecule has 14 aromatic carbocycles. The van der Waals surface area contributed by atoms with Crippen LogP contribution in [0.4, 0.5) is 0 Å². The maximum absolute atomic E-state index is 2.29. The van der Waals surface area contributed by atoms with Crippen molar-refractivity contribution in [3.05, 3.63) is 385 Å². The van der Waals surface area contributed by atoms with Crippen LogP contribution in [-0.4, -0.2) is 0 Å². The minimum atomic E-state index is 1.24. The average Bonchev–Trinajstić information content (AvgIpc) is 3.77. The first-order valence-corrected chi connectivity index (χ1v) is 31.2. The molecule has 0 fully saturated rings. The Morgan fingerprint density at radius 3 is 0.633 bits per heavy atom. The zero-order valence-corrected chi connectivity index (χ0v) is 52.5. The van der Waals surface area contributed by atoms with E-state index in [1.165, 1.54) is 145 Å². The van der Waals surface area contributed by atoms with E-state index in [0.29, 0.717) is 0 Å². The van der Waals surface area contributed by atoms with Crippen LogP contribution < -0.4 is 0 Å². The molecule has 0 spiro atoms. The summed E-state index contributed by atoms with van der Waals surface area (Å²) in [6, 6.07) is 125. The first kappa shape index (κ1) is 60.8. The highest BCUT2D eigenvalue weighted by molar-refractivity contribution is 5.84. The van der Waals surface area contributed by atoms with Crippen molar-refractivity contribution in [1.29, 1.82) is 0 Å². The average molecular weight is 1160 g/mol. The van der Waals surface area contributed by atoms with Crippen LogP contribution in [0.15, 0.2) is 352 Å². The molecule has 0 bridgehead atoms. The summed E-state index contributed by atoms with van der Waals surface area (Å²) in [5.41, 5.74) is 33.0. The third-order valence-corrected chi connectivity index (χ3v) is 16.4. The van der Waals surface area contributed by atoms with Gasteiger partial charge in [-0.3, -0.25) is 0 Å². The molecule has 0 aliphatic rings. The third-order valence-electron chi connectivity index (χ3n) is 16.4. The fourth-order valence-corrected chi connectivity index (χ4v) is 11.5. The first-order valence-electron chi connectivity index (χ1n) is 31.2. The van der Waals surface area contributed by atoms with Crippen LogP contribution in [0.25, 0.3) is 111 Å². The summed E-state index contributed by atoms with van der Waals surface area (Å²) in [6.45, 7) is 12.8. The topological polar surface area (TPSA) is 0 Å². The third kappa shape index (κ3) is 16.0. The Labute approximate surface area is 534 Å². The van der Waals surface area contributed by atoms with E-state index in [0.717, 1.165) is 0 Å². The van der Waals surface area contributed by atoms with Gasteiger partial charge in [0.15, 0.2) is 0 Å². The Bertz CT molecular complexity index is 4430. The van der Waals surface area contributed by atoms with Crippen molar-refractivity contribution >= 4 is 0 Å². The van der Waals surface area contributed by atoms with Gasteiger partial charge in [-0.1, -0.05) is 326 Å². The Kier molecular flexibility index (Phi) is 20.0. The second kappa shape index (κ2) is 29.7. The Morgan fingerprint density at radius 1 is 0.122 bits per heavy atom.